The van der Waals surface area contributed by atoms with Crippen molar-refractivity contribution in [2.24, 2.45) is 10.9 Å². The highest BCUT2D eigenvalue weighted by Crippen LogP contribution is 2.41. The lowest BCUT2D eigenvalue weighted by Gasteiger charge is -2.29. The summed E-state index contributed by atoms with van der Waals surface area (Å²) in [5, 5.41) is 0.969. The maximum Gasteiger partial charge on any atom is 0.123 e. The van der Waals surface area contributed by atoms with Gasteiger partial charge in [-0.2, -0.15) is 0 Å². The zero-order chi connectivity index (χ0) is 18.4. The third-order valence-corrected chi connectivity index (χ3v) is 6.55. The molecule has 1 aromatic heterocycles. The lowest BCUT2D eigenvalue weighted by atomic mass is 9.76. The molecule has 2 aromatic carbocycles. The molecule has 4 heteroatoms. The van der Waals surface area contributed by atoms with Gasteiger partial charge in [-0.3, -0.25) is 9.98 Å². The number of benzene rings is 2. The molecule has 0 bridgehead atoms. The van der Waals surface area contributed by atoms with Gasteiger partial charge in [-0.1, -0.05) is 22.0 Å². The zero-order valence-electron chi connectivity index (χ0n) is 15.0. The molecule has 0 atom stereocenters. The predicted molar refractivity (Wildman–Crippen MR) is 111 cm³/mol. The van der Waals surface area contributed by atoms with Crippen LogP contribution in [-0.4, -0.2) is 10.7 Å². The minimum atomic E-state index is -0.185. The van der Waals surface area contributed by atoms with E-state index >= 15 is 0 Å². The van der Waals surface area contributed by atoms with Gasteiger partial charge in [0.15, 0.2) is 0 Å². The van der Waals surface area contributed by atoms with Gasteiger partial charge < -0.3 is 0 Å². The van der Waals surface area contributed by atoms with Gasteiger partial charge in [-0.25, -0.2) is 4.39 Å². The first-order valence-corrected chi connectivity index (χ1v) is 10.4. The molecular formula is C23H20BrFN2. The maximum atomic E-state index is 13.8. The van der Waals surface area contributed by atoms with E-state index in [-0.39, 0.29) is 5.82 Å². The van der Waals surface area contributed by atoms with E-state index < -0.39 is 0 Å². The lowest BCUT2D eigenvalue weighted by Crippen LogP contribution is -2.21. The number of halogens is 2. The molecule has 0 amide bonds. The van der Waals surface area contributed by atoms with Crippen LogP contribution in [0.15, 0.2) is 58.1 Å². The van der Waals surface area contributed by atoms with Crippen molar-refractivity contribution in [2.75, 3.05) is 0 Å². The fourth-order valence-electron chi connectivity index (χ4n) is 4.65. The first kappa shape index (κ1) is 17.1. The van der Waals surface area contributed by atoms with E-state index in [1.54, 1.807) is 12.1 Å². The van der Waals surface area contributed by atoms with Gasteiger partial charge in [0.1, 0.15) is 5.82 Å². The third-order valence-electron chi connectivity index (χ3n) is 6.06. The first-order chi connectivity index (χ1) is 13.2. The molecule has 1 fully saturated rings. The van der Waals surface area contributed by atoms with Crippen molar-refractivity contribution in [3.63, 3.8) is 0 Å². The molecule has 1 aliphatic carbocycles. The predicted octanol–water partition coefficient (Wildman–Crippen LogP) is 6.74. The van der Waals surface area contributed by atoms with Gasteiger partial charge in [0, 0.05) is 28.2 Å². The number of pyridine rings is 1. The van der Waals surface area contributed by atoms with E-state index in [4.69, 9.17) is 4.99 Å². The molecule has 136 valence electrons. The Morgan fingerprint density at radius 3 is 2.59 bits per heavy atom. The van der Waals surface area contributed by atoms with Gasteiger partial charge in [0.05, 0.1) is 11.2 Å². The fraction of sp³-hybridized carbons (Fsp3) is 0.304. The highest BCUT2D eigenvalue weighted by Gasteiger charge is 2.29. The summed E-state index contributed by atoms with van der Waals surface area (Å²) in [5.41, 5.74) is 5.94. The lowest BCUT2D eigenvalue weighted by molar-refractivity contribution is 0.392. The molecule has 2 heterocycles. The molecule has 5 rings (SSSR count). The largest absolute Gasteiger partial charge is 0.257 e. The normalized spacial score (nSPS) is 21.9. The number of aromatic nitrogens is 1. The Morgan fingerprint density at radius 2 is 1.74 bits per heavy atom. The highest BCUT2D eigenvalue weighted by molar-refractivity contribution is 9.10. The minimum absolute atomic E-state index is 0.185. The number of aliphatic imine (C=N–C) groups is 1. The average molecular weight is 423 g/mol. The average Bonchev–Trinajstić information content (AvgIpc) is 3.11. The maximum absolute atomic E-state index is 13.8. The van der Waals surface area contributed by atoms with Crippen molar-refractivity contribution in [1.29, 1.82) is 0 Å². The van der Waals surface area contributed by atoms with Crippen LogP contribution in [0.2, 0.25) is 0 Å². The van der Waals surface area contributed by atoms with Gasteiger partial charge in [0.25, 0.3) is 0 Å². The summed E-state index contributed by atoms with van der Waals surface area (Å²) in [4.78, 5) is 9.32. The summed E-state index contributed by atoms with van der Waals surface area (Å²) in [6.07, 6.45) is 7.40. The summed E-state index contributed by atoms with van der Waals surface area (Å²) in [6.45, 7) is 0. The van der Waals surface area contributed by atoms with Gasteiger partial charge in [-0.05, 0) is 85.0 Å². The van der Waals surface area contributed by atoms with Gasteiger partial charge in [-0.15, -0.1) is 0 Å². The summed E-state index contributed by atoms with van der Waals surface area (Å²) in [5.74, 6) is 0.860. The van der Waals surface area contributed by atoms with Crippen LogP contribution in [0.5, 0.6) is 0 Å². The monoisotopic (exact) mass is 422 g/mol. The molecule has 0 radical (unpaired) electrons. The molecule has 27 heavy (non-hydrogen) atoms. The Balaban J connectivity index is 1.34. The topological polar surface area (TPSA) is 25.2 Å². The van der Waals surface area contributed by atoms with Crippen LogP contribution in [0, 0.1) is 11.7 Å². The van der Waals surface area contributed by atoms with Crippen molar-refractivity contribution < 1.29 is 4.39 Å². The van der Waals surface area contributed by atoms with Gasteiger partial charge in [0.2, 0.25) is 0 Å². The molecule has 0 N–H and O–H groups in total. The molecule has 1 aliphatic heterocycles. The number of nitrogens with zero attached hydrogens (tertiary/aromatic N) is 2. The van der Waals surface area contributed by atoms with Crippen molar-refractivity contribution >= 4 is 38.2 Å². The Morgan fingerprint density at radius 1 is 0.926 bits per heavy atom. The standard InChI is InChI=1S/C23H20BrFN2/c24-17-6-5-16-11-22(27-23(16)12-17)15-3-1-14(2-4-15)19-9-10-26-21-8-7-18(25)13-20(19)21/h5-10,12-15H,1-4,11H2. The second kappa shape index (κ2) is 6.83. The van der Waals surface area contributed by atoms with Crippen molar-refractivity contribution in [3.8, 4) is 0 Å². The molecule has 0 unspecified atom stereocenters. The van der Waals surface area contributed by atoms with E-state index in [9.17, 15) is 4.39 Å². The van der Waals surface area contributed by atoms with Crippen LogP contribution in [0.3, 0.4) is 0 Å². The van der Waals surface area contributed by atoms with Crippen LogP contribution in [0.1, 0.15) is 42.7 Å². The minimum Gasteiger partial charge on any atom is -0.257 e. The van der Waals surface area contributed by atoms with E-state index in [1.165, 1.54) is 22.9 Å². The van der Waals surface area contributed by atoms with Gasteiger partial charge >= 0.3 is 0 Å². The third kappa shape index (κ3) is 3.20. The molecule has 0 spiro atoms. The van der Waals surface area contributed by atoms with Crippen LogP contribution < -0.4 is 0 Å². The van der Waals surface area contributed by atoms with E-state index in [1.807, 2.05) is 6.20 Å². The SMILES string of the molecule is Fc1ccc2nccc(C3CCC(C4=Nc5cc(Br)ccc5C4)CC3)c2c1. The number of rotatable bonds is 2. The van der Waals surface area contributed by atoms with E-state index in [0.29, 0.717) is 11.8 Å². The molecule has 2 nitrogen and oxygen atoms in total. The van der Waals surface area contributed by atoms with Crippen molar-refractivity contribution in [2.45, 2.75) is 38.0 Å². The summed E-state index contributed by atoms with van der Waals surface area (Å²) in [6, 6.07) is 13.4. The Kier molecular flexibility index (Phi) is 4.31. The summed E-state index contributed by atoms with van der Waals surface area (Å²) in [7, 11) is 0. The molecule has 0 saturated heterocycles. The van der Waals surface area contributed by atoms with Crippen LogP contribution in [0.25, 0.3) is 10.9 Å². The molecular weight excluding hydrogens is 403 g/mol. The summed E-state index contributed by atoms with van der Waals surface area (Å²) < 4.78 is 14.9. The molecule has 1 saturated carbocycles. The van der Waals surface area contributed by atoms with E-state index in [0.717, 1.165) is 53.2 Å². The number of hydrogen-bond acceptors (Lipinski definition) is 2. The van der Waals surface area contributed by atoms with Crippen molar-refractivity contribution in [1.82, 2.24) is 4.98 Å². The second-order valence-electron chi connectivity index (χ2n) is 7.66. The Bertz CT molecular complexity index is 1050. The second-order valence-corrected chi connectivity index (χ2v) is 8.58. The fourth-order valence-corrected chi connectivity index (χ4v) is 5.00. The molecule has 3 aromatic rings. The Labute approximate surface area is 166 Å². The van der Waals surface area contributed by atoms with Crippen LogP contribution >= 0.6 is 15.9 Å². The number of fused-ring (bicyclic) bond motifs is 2. The highest BCUT2D eigenvalue weighted by atomic mass is 79.9. The molecule has 2 aliphatic rings. The van der Waals surface area contributed by atoms with E-state index in [2.05, 4.69) is 45.2 Å². The van der Waals surface area contributed by atoms with Crippen molar-refractivity contribution in [3.05, 3.63) is 70.1 Å². The quantitative estimate of drug-likeness (QED) is 0.448. The zero-order valence-corrected chi connectivity index (χ0v) is 16.5. The van der Waals surface area contributed by atoms with Crippen LogP contribution in [-0.2, 0) is 6.42 Å². The first-order valence-electron chi connectivity index (χ1n) is 9.57. The smallest absolute Gasteiger partial charge is 0.123 e. The van der Waals surface area contributed by atoms with Crippen LogP contribution in [0.4, 0.5) is 10.1 Å². The summed E-state index contributed by atoms with van der Waals surface area (Å²) >= 11 is 3.54. The Hall–Kier alpha value is -2.07. The number of hydrogen-bond donors (Lipinski definition) is 0.